The van der Waals surface area contributed by atoms with E-state index in [9.17, 15) is 4.79 Å². The molecule has 0 spiro atoms. The quantitative estimate of drug-likeness (QED) is 0.925. The standard InChI is InChI=1S/C12H10BrN3O/c13-9-10(7-1-2-7)15-11(16-12(9)17)8-3-5-14-6-4-8/h3-7H,1-2H2,(H,15,16,17). The molecular formula is C12H10BrN3O. The molecule has 2 heterocycles. The Bertz CT molecular complexity index is 605. The molecule has 0 unspecified atom stereocenters. The molecule has 2 aromatic heterocycles. The van der Waals surface area contributed by atoms with Gasteiger partial charge in [-0.25, -0.2) is 4.98 Å². The van der Waals surface area contributed by atoms with Crippen molar-refractivity contribution in [3.8, 4) is 11.4 Å². The Morgan fingerprint density at radius 1 is 1.29 bits per heavy atom. The lowest BCUT2D eigenvalue weighted by molar-refractivity contribution is 0.959. The van der Waals surface area contributed by atoms with Crippen LogP contribution in [-0.2, 0) is 0 Å². The first-order valence-corrected chi connectivity index (χ1v) is 6.25. The van der Waals surface area contributed by atoms with E-state index < -0.39 is 0 Å². The minimum atomic E-state index is -0.117. The third-order valence-electron chi connectivity index (χ3n) is 2.81. The fraction of sp³-hybridized carbons (Fsp3) is 0.250. The van der Waals surface area contributed by atoms with Gasteiger partial charge in [0.15, 0.2) is 0 Å². The molecule has 0 atom stereocenters. The van der Waals surface area contributed by atoms with Gasteiger partial charge < -0.3 is 4.98 Å². The molecular weight excluding hydrogens is 282 g/mol. The largest absolute Gasteiger partial charge is 0.306 e. The normalized spacial score (nSPS) is 14.9. The van der Waals surface area contributed by atoms with Crippen molar-refractivity contribution in [2.75, 3.05) is 0 Å². The van der Waals surface area contributed by atoms with Gasteiger partial charge in [-0.2, -0.15) is 0 Å². The van der Waals surface area contributed by atoms with Gasteiger partial charge in [-0.1, -0.05) is 0 Å². The van der Waals surface area contributed by atoms with Crippen LogP contribution in [0.2, 0.25) is 0 Å². The molecule has 86 valence electrons. The van der Waals surface area contributed by atoms with Crippen LogP contribution in [0.25, 0.3) is 11.4 Å². The Labute approximate surface area is 106 Å². The number of H-pyrrole nitrogens is 1. The summed E-state index contributed by atoms with van der Waals surface area (Å²) in [6, 6.07) is 3.67. The van der Waals surface area contributed by atoms with Gasteiger partial charge in [0.1, 0.15) is 10.3 Å². The third kappa shape index (κ3) is 2.02. The summed E-state index contributed by atoms with van der Waals surface area (Å²) in [5.74, 6) is 1.05. The lowest BCUT2D eigenvalue weighted by Gasteiger charge is -2.05. The SMILES string of the molecule is O=c1[nH]c(-c2ccncc2)nc(C2CC2)c1Br. The summed E-state index contributed by atoms with van der Waals surface area (Å²) in [6.07, 6.45) is 5.61. The number of hydrogen-bond donors (Lipinski definition) is 1. The minimum Gasteiger partial charge on any atom is -0.306 e. The zero-order chi connectivity index (χ0) is 11.8. The highest BCUT2D eigenvalue weighted by molar-refractivity contribution is 9.10. The molecule has 0 amide bonds. The molecule has 0 aliphatic heterocycles. The molecule has 0 bridgehead atoms. The van der Waals surface area contributed by atoms with Gasteiger partial charge in [0.2, 0.25) is 0 Å². The number of nitrogens with one attached hydrogen (secondary N) is 1. The number of hydrogen-bond acceptors (Lipinski definition) is 3. The van der Waals surface area contributed by atoms with Crippen molar-refractivity contribution < 1.29 is 0 Å². The first kappa shape index (κ1) is 10.7. The van der Waals surface area contributed by atoms with E-state index in [-0.39, 0.29) is 5.56 Å². The molecule has 5 heteroatoms. The Kier molecular flexibility index (Phi) is 2.55. The molecule has 17 heavy (non-hydrogen) atoms. The first-order chi connectivity index (χ1) is 8.25. The zero-order valence-electron chi connectivity index (χ0n) is 8.98. The number of aromatic amines is 1. The van der Waals surface area contributed by atoms with Crippen molar-refractivity contribution in [3.63, 3.8) is 0 Å². The third-order valence-corrected chi connectivity index (χ3v) is 3.57. The number of rotatable bonds is 2. The predicted octanol–water partition coefficient (Wildman–Crippen LogP) is 2.47. The van der Waals surface area contributed by atoms with Crippen molar-refractivity contribution in [2.24, 2.45) is 0 Å². The molecule has 1 N–H and O–H groups in total. The second-order valence-electron chi connectivity index (χ2n) is 4.12. The van der Waals surface area contributed by atoms with Gasteiger partial charge in [-0.05, 0) is 40.9 Å². The lowest BCUT2D eigenvalue weighted by atomic mass is 10.2. The number of nitrogens with zero attached hydrogens (tertiary/aromatic N) is 2. The topological polar surface area (TPSA) is 58.6 Å². The van der Waals surface area contributed by atoms with E-state index in [4.69, 9.17) is 0 Å². The van der Waals surface area contributed by atoms with Crippen LogP contribution in [0.3, 0.4) is 0 Å². The Morgan fingerprint density at radius 2 is 2.00 bits per heavy atom. The highest BCUT2D eigenvalue weighted by atomic mass is 79.9. The summed E-state index contributed by atoms with van der Waals surface area (Å²) >= 11 is 3.31. The van der Waals surface area contributed by atoms with Crippen LogP contribution in [0.15, 0.2) is 33.8 Å². The average Bonchev–Trinajstić information content (AvgIpc) is 3.18. The summed E-state index contributed by atoms with van der Waals surface area (Å²) in [4.78, 5) is 23.1. The van der Waals surface area contributed by atoms with Crippen molar-refractivity contribution >= 4 is 15.9 Å². The Morgan fingerprint density at radius 3 is 2.65 bits per heavy atom. The highest BCUT2D eigenvalue weighted by Crippen LogP contribution is 2.41. The van der Waals surface area contributed by atoms with E-state index in [1.807, 2.05) is 12.1 Å². The van der Waals surface area contributed by atoms with E-state index in [1.165, 1.54) is 0 Å². The van der Waals surface area contributed by atoms with E-state index >= 15 is 0 Å². The molecule has 1 aliphatic rings. The zero-order valence-corrected chi connectivity index (χ0v) is 10.6. The molecule has 0 saturated heterocycles. The number of aromatic nitrogens is 3. The second kappa shape index (κ2) is 4.07. The minimum absolute atomic E-state index is 0.117. The lowest BCUT2D eigenvalue weighted by Crippen LogP contribution is -2.13. The molecule has 3 rings (SSSR count). The van der Waals surface area contributed by atoms with E-state index in [1.54, 1.807) is 12.4 Å². The van der Waals surface area contributed by atoms with E-state index in [0.29, 0.717) is 16.2 Å². The first-order valence-electron chi connectivity index (χ1n) is 5.46. The summed E-state index contributed by atoms with van der Waals surface area (Å²) in [5, 5.41) is 0. The molecule has 2 aromatic rings. The van der Waals surface area contributed by atoms with Crippen molar-refractivity contribution in [1.82, 2.24) is 15.0 Å². The maximum atomic E-state index is 11.8. The summed E-state index contributed by atoms with van der Waals surface area (Å²) in [6.45, 7) is 0. The van der Waals surface area contributed by atoms with Crippen LogP contribution < -0.4 is 5.56 Å². The molecule has 0 radical (unpaired) electrons. The van der Waals surface area contributed by atoms with Gasteiger partial charge in [-0.3, -0.25) is 9.78 Å². The summed E-state index contributed by atoms with van der Waals surface area (Å²) in [7, 11) is 0. The van der Waals surface area contributed by atoms with Crippen LogP contribution in [0.4, 0.5) is 0 Å². The summed E-state index contributed by atoms with van der Waals surface area (Å²) in [5.41, 5.74) is 1.64. The van der Waals surface area contributed by atoms with Crippen LogP contribution in [-0.4, -0.2) is 15.0 Å². The maximum absolute atomic E-state index is 11.8. The molecule has 1 fully saturated rings. The summed E-state index contributed by atoms with van der Waals surface area (Å²) < 4.78 is 0.567. The Hall–Kier alpha value is -1.49. The monoisotopic (exact) mass is 291 g/mol. The predicted molar refractivity (Wildman–Crippen MR) is 67.8 cm³/mol. The number of halogens is 1. The van der Waals surface area contributed by atoms with Crippen LogP contribution in [0.1, 0.15) is 24.5 Å². The van der Waals surface area contributed by atoms with Crippen LogP contribution >= 0.6 is 15.9 Å². The fourth-order valence-corrected chi connectivity index (χ4v) is 2.26. The van der Waals surface area contributed by atoms with Gasteiger partial charge in [0.25, 0.3) is 5.56 Å². The molecule has 1 saturated carbocycles. The average molecular weight is 292 g/mol. The Balaban J connectivity index is 2.15. The molecule has 0 aromatic carbocycles. The fourth-order valence-electron chi connectivity index (χ4n) is 1.75. The van der Waals surface area contributed by atoms with Crippen LogP contribution in [0, 0.1) is 0 Å². The smallest absolute Gasteiger partial charge is 0.265 e. The van der Waals surface area contributed by atoms with E-state index in [0.717, 1.165) is 24.1 Å². The van der Waals surface area contributed by atoms with Gasteiger partial charge >= 0.3 is 0 Å². The highest BCUT2D eigenvalue weighted by Gasteiger charge is 2.28. The van der Waals surface area contributed by atoms with Gasteiger partial charge in [0.05, 0.1) is 5.69 Å². The van der Waals surface area contributed by atoms with Crippen LogP contribution in [0.5, 0.6) is 0 Å². The number of pyridine rings is 1. The second-order valence-corrected chi connectivity index (χ2v) is 4.92. The van der Waals surface area contributed by atoms with Crippen molar-refractivity contribution in [1.29, 1.82) is 0 Å². The molecule has 4 nitrogen and oxygen atoms in total. The molecule has 1 aliphatic carbocycles. The van der Waals surface area contributed by atoms with E-state index in [2.05, 4.69) is 30.9 Å². The van der Waals surface area contributed by atoms with Gasteiger partial charge in [-0.15, -0.1) is 0 Å². The van der Waals surface area contributed by atoms with Crippen molar-refractivity contribution in [3.05, 3.63) is 45.0 Å². The maximum Gasteiger partial charge on any atom is 0.265 e. The van der Waals surface area contributed by atoms with Gasteiger partial charge in [0, 0.05) is 23.9 Å². The van der Waals surface area contributed by atoms with Crippen molar-refractivity contribution in [2.45, 2.75) is 18.8 Å².